The Hall–Kier alpha value is -1.56. The number of methoxy groups -OCH3 is 1. The van der Waals surface area contributed by atoms with Crippen molar-refractivity contribution < 1.29 is 14.3 Å². The highest BCUT2D eigenvalue weighted by Crippen LogP contribution is 2.25. The molecule has 130 valence electrons. The minimum atomic E-state index is -1.00. The monoisotopic (exact) mass is 367 g/mol. The van der Waals surface area contributed by atoms with Crippen LogP contribution in [0.15, 0.2) is 36.4 Å². The summed E-state index contributed by atoms with van der Waals surface area (Å²) in [5.41, 5.74) is -1.00. The van der Waals surface area contributed by atoms with Gasteiger partial charge in [0, 0.05) is 28.4 Å². The van der Waals surface area contributed by atoms with E-state index in [0.29, 0.717) is 17.3 Å². The zero-order valence-electron chi connectivity index (χ0n) is 14.3. The van der Waals surface area contributed by atoms with Crippen molar-refractivity contribution in [3.63, 3.8) is 0 Å². The van der Waals surface area contributed by atoms with Gasteiger partial charge in [-0.2, -0.15) is 0 Å². The van der Waals surface area contributed by atoms with E-state index in [1.165, 1.54) is 4.88 Å². The number of benzene rings is 1. The molecule has 0 aliphatic rings. The van der Waals surface area contributed by atoms with Crippen LogP contribution in [0.3, 0.4) is 0 Å². The average Bonchev–Trinajstić information content (AvgIpc) is 2.96. The van der Waals surface area contributed by atoms with Gasteiger partial charge in [0.05, 0.1) is 0 Å². The molecule has 0 unspecified atom stereocenters. The van der Waals surface area contributed by atoms with E-state index < -0.39 is 5.60 Å². The minimum Gasteiger partial charge on any atom is -0.478 e. The lowest BCUT2D eigenvalue weighted by atomic mass is 10.1. The van der Waals surface area contributed by atoms with Crippen molar-refractivity contribution in [2.75, 3.05) is 13.7 Å². The van der Waals surface area contributed by atoms with Gasteiger partial charge in [-0.3, -0.25) is 4.79 Å². The third-order valence-corrected chi connectivity index (χ3v) is 4.89. The molecule has 0 fully saturated rings. The number of thiophene rings is 1. The molecule has 0 aliphatic carbocycles. The highest BCUT2D eigenvalue weighted by molar-refractivity contribution is 7.12. The first kappa shape index (κ1) is 18.8. The third kappa shape index (κ3) is 4.97. The molecule has 2 aromatic rings. The van der Waals surface area contributed by atoms with E-state index in [9.17, 15) is 4.79 Å². The Morgan fingerprint density at radius 1 is 1.25 bits per heavy atom. The van der Waals surface area contributed by atoms with Crippen molar-refractivity contribution in [2.24, 2.45) is 0 Å². The van der Waals surface area contributed by atoms with Crippen LogP contribution in [-0.2, 0) is 9.53 Å². The number of carbonyl (C=O) groups is 1. The molecule has 24 heavy (non-hydrogen) atoms. The third-order valence-electron chi connectivity index (χ3n) is 3.54. The summed E-state index contributed by atoms with van der Waals surface area (Å²) in [5, 5.41) is 3.53. The molecule has 0 spiro atoms. The lowest BCUT2D eigenvalue weighted by molar-refractivity contribution is -0.134. The Kier molecular flexibility index (Phi) is 6.27. The maximum absolute atomic E-state index is 12.5. The van der Waals surface area contributed by atoms with Crippen LogP contribution in [0.25, 0.3) is 0 Å². The van der Waals surface area contributed by atoms with E-state index in [1.54, 1.807) is 56.6 Å². The summed E-state index contributed by atoms with van der Waals surface area (Å²) in [6.07, 6.45) is -0.168. The first-order chi connectivity index (χ1) is 11.3. The van der Waals surface area contributed by atoms with E-state index in [-0.39, 0.29) is 12.0 Å². The average molecular weight is 368 g/mol. The van der Waals surface area contributed by atoms with E-state index in [0.717, 1.165) is 4.88 Å². The molecule has 0 bridgehead atoms. The molecule has 1 aromatic heterocycles. The molecule has 0 saturated heterocycles. The van der Waals surface area contributed by atoms with Gasteiger partial charge in [0.25, 0.3) is 5.91 Å². The van der Waals surface area contributed by atoms with Gasteiger partial charge in [-0.25, -0.2) is 0 Å². The largest absolute Gasteiger partial charge is 0.478 e. The smallest absolute Gasteiger partial charge is 0.263 e. The summed E-state index contributed by atoms with van der Waals surface area (Å²) in [6.45, 7) is 5.90. The highest BCUT2D eigenvalue weighted by Gasteiger charge is 2.30. The Labute approximate surface area is 151 Å². The molecule has 1 N–H and O–H groups in total. The van der Waals surface area contributed by atoms with Gasteiger partial charge >= 0.3 is 0 Å². The highest BCUT2D eigenvalue weighted by atomic mass is 35.5. The first-order valence-corrected chi connectivity index (χ1v) is 8.83. The Morgan fingerprint density at radius 2 is 1.92 bits per heavy atom. The summed E-state index contributed by atoms with van der Waals surface area (Å²) in [6, 6.07) is 11.0. The number of hydrogen-bond donors (Lipinski definition) is 1. The Morgan fingerprint density at radius 3 is 2.46 bits per heavy atom. The number of nitrogens with one attached hydrogen (secondary N) is 1. The summed E-state index contributed by atoms with van der Waals surface area (Å²) < 4.78 is 11.3. The number of hydrogen-bond acceptors (Lipinski definition) is 4. The van der Waals surface area contributed by atoms with Crippen LogP contribution in [0.2, 0.25) is 5.02 Å². The lowest BCUT2D eigenvalue weighted by Crippen LogP contribution is -2.47. The fourth-order valence-corrected chi connectivity index (χ4v) is 3.25. The Bertz CT molecular complexity index is 682. The second kappa shape index (κ2) is 8.01. The van der Waals surface area contributed by atoms with Crippen LogP contribution in [-0.4, -0.2) is 25.2 Å². The molecule has 1 amide bonds. The predicted octanol–water partition coefficient (Wildman–Crippen LogP) is 4.37. The van der Waals surface area contributed by atoms with Crippen LogP contribution < -0.4 is 10.1 Å². The fraction of sp³-hybridized carbons (Fsp3) is 0.389. The van der Waals surface area contributed by atoms with E-state index in [1.807, 2.05) is 19.1 Å². The number of halogens is 1. The van der Waals surface area contributed by atoms with Gasteiger partial charge in [-0.1, -0.05) is 11.6 Å². The van der Waals surface area contributed by atoms with Gasteiger partial charge in [0.1, 0.15) is 11.9 Å². The molecule has 0 radical (unpaired) electrons. The molecular formula is C18H22ClNO3S. The van der Waals surface area contributed by atoms with Gasteiger partial charge in [-0.15, -0.1) is 11.3 Å². The van der Waals surface area contributed by atoms with Crippen LogP contribution in [0, 0.1) is 6.92 Å². The summed E-state index contributed by atoms with van der Waals surface area (Å²) in [7, 11) is 1.64. The number of amides is 1. The number of ether oxygens (including phenoxy) is 2. The van der Waals surface area contributed by atoms with Crippen molar-refractivity contribution in [3.8, 4) is 5.75 Å². The second-order valence-corrected chi connectivity index (χ2v) is 7.70. The topological polar surface area (TPSA) is 47.6 Å². The molecule has 0 saturated carbocycles. The number of aryl methyl sites for hydroxylation is 1. The quantitative estimate of drug-likeness (QED) is 0.790. The molecule has 6 heteroatoms. The standard InChI is InChI=1S/C18H22ClNO3S/c1-12-5-10-16(24-12)15(22-4)11-20-17(21)18(2,3)23-14-8-6-13(19)7-9-14/h5-10,15H,11H2,1-4H3,(H,20,21)/t15-/m0/s1. The van der Waals surface area contributed by atoms with Crippen LogP contribution in [0.1, 0.15) is 29.7 Å². The minimum absolute atomic E-state index is 0.168. The van der Waals surface area contributed by atoms with Gasteiger partial charge < -0.3 is 14.8 Å². The van der Waals surface area contributed by atoms with Crippen molar-refractivity contribution in [2.45, 2.75) is 32.5 Å². The zero-order chi connectivity index (χ0) is 17.7. The molecule has 1 aromatic carbocycles. The van der Waals surface area contributed by atoms with Crippen LogP contribution in [0.4, 0.5) is 0 Å². The van der Waals surface area contributed by atoms with Crippen LogP contribution >= 0.6 is 22.9 Å². The maximum Gasteiger partial charge on any atom is 0.263 e. The SMILES string of the molecule is CO[C@@H](CNC(=O)C(C)(C)Oc1ccc(Cl)cc1)c1ccc(C)s1. The number of carbonyl (C=O) groups excluding carboxylic acids is 1. The van der Waals surface area contributed by atoms with Gasteiger partial charge in [-0.05, 0) is 57.2 Å². The van der Waals surface area contributed by atoms with Gasteiger partial charge in [0.15, 0.2) is 5.60 Å². The molecular weight excluding hydrogens is 346 g/mol. The molecule has 0 aliphatic heterocycles. The second-order valence-electron chi connectivity index (χ2n) is 5.95. The van der Waals surface area contributed by atoms with Crippen molar-refractivity contribution >= 4 is 28.8 Å². The molecule has 2 rings (SSSR count). The normalized spacial score (nSPS) is 12.7. The van der Waals surface area contributed by atoms with E-state index in [2.05, 4.69) is 5.32 Å². The summed E-state index contributed by atoms with van der Waals surface area (Å²) >= 11 is 7.52. The Balaban J connectivity index is 1.95. The van der Waals surface area contributed by atoms with Crippen LogP contribution in [0.5, 0.6) is 5.75 Å². The summed E-state index contributed by atoms with van der Waals surface area (Å²) in [4.78, 5) is 14.8. The van der Waals surface area contributed by atoms with Crippen molar-refractivity contribution in [3.05, 3.63) is 51.2 Å². The lowest BCUT2D eigenvalue weighted by Gasteiger charge is -2.26. The first-order valence-electron chi connectivity index (χ1n) is 7.64. The fourth-order valence-electron chi connectivity index (χ4n) is 2.17. The number of rotatable bonds is 7. The van der Waals surface area contributed by atoms with Gasteiger partial charge in [0.2, 0.25) is 0 Å². The van der Waals surface area contributed by atoms with Crippen molar-refractivity contribution in [1.29, 1.82) is 0 Å². The predicted molar refractivity (Wildman–Crippen MR) is 98.0 cm³/mol. The molecule has 4 nitrogen and oxygen atoms in total. The molecule has 1 atom stereocenters. The maximum atomic E-state index is 12.5. The summed E-state index contributed by atoms with van der Waals surface area (Å²) in [5.74, 6) is 0.393. The van der Waals surface area contributed by atoms with E-state index in [4.69, 9.17) is 21.1 Å². The zero-order valence-corrected chi connectivity index (χ0v) is 15.8. The molecule has 1 heterocycles. The van der Waals surface area contributed by atoms with E-state index >= 15 is 0 Å². The van der Waals surface area contributed by atoms with Crippen molar-refractivity contribution in [1.82, 2.24) is 5.32 Å².